The number of rotatable bonds is 13. The number of amides is 2. The van der Waals surface area contributed by atoms with E-state index in [-0.39, 0.29) is 23.7 Å². The van der Waals surface area contributed by atoms with Crippen molar-refractivity contribution in [2.75, 3.05) is 10.6 Å². The van der Waals surface area contributed by atoms with Crippen LogP contribution in [0, 0.1) is 5.41 Å². The summed E-state index contributed by atoms with van der Waals surface area (Å²) in [7, 11) is 0. The smallest absolute Gasteiger partial charge is 0.303 e. The summed E-state index contributed by atoms with van der Waals surface area (Å²) in [6.07, 6.45) is 17.6. The van der Waals surface area contributed by atoms with Crippen LogP contribution in [0.1, 0.15) is 92.1 Å². The number of aliphatic carboxylic acids is 1. The molecule has 0 spiro atoms. The maximum Gasteiger partial charge on any atom is 0.303 e. The van der Waals surface area contributed by atoms with Gasteiger partial charge in [0, 0.05) is 30.3 Å². The Labute approximate surface area is 240 Å². The zero-order chi connectivity index (χ0) is 29.7. The number of aryl methyl sites for hydroxylation is 1. The van der Waals surface area contributed by atoms with Crippen molar-refractivity contribution in [3.63, 3.8) is 0 Å². The van der Waals surface area contributed by atoms with E-state index in [0.29, 0.717) is 30.6 Å². The van der Waals surface area contributed by atoms with Gasteiger partial charge in [0.05, 0.1) is 0 Å². The minimum Gasteiger partial charge on any atom is -0.481 e. The minimum atomic E-state index is -0.852. The number of hydrogen-bond donors (Lipinski definition) is 3. The highest BCUT2D eigenvalue weighted by Crippen LogP contribution is 2.40. The van der Waals surface area contributed by atoms with E-state index in [2.05, 4.69) is 50.5 Å². The van der Waals surface area contributed by atoms with E-state index < -0.39 is 5.97 Å². The summed E-state index contributed by atoms with van der Waals surface area (Å²) >= 11 is 0. The van der Waals surface area contributed by atoms with Gasteiger partial charge in [-0.3, -0.25) is 14.4 Å². The summed E-state index contributed by atoms with van der Waals surface area (Å²) in [5, 5.41) is 14.7. The zero-order valence-corrected chi connectivity index (χ0v) is 25.0. The van der Waals surface area contributed by atoms with Crippen LogP contribution in [0.4, 0.5) is 11.4 Å². The lowest BCUT2D eigenvalue weighted by atomic mass is 9.72. The minimum absolute atomic E-state index is 0.0549. The first-order valence-corrected chi connectivity index (χ1v) is 14.3. The summed E-state index contributed by atoms with van der Waals surface area (Å²) in [5.41, 5.74) is 7.06. The Kier molecular flexibility index (Phi) is 12.9. The number of benzene rings is 1. The second-order valence-electron chi connectivity index (χ2n) is 11.3. The molecule has 0 fully saturated rings. The van der Waals surface area contributed by atoms with Crippen LogP contribution in [0.2, 0.25) is 0 Å². The molecule has 216 valence electrons. The van der Waals surface area contributed by atoms with Gasteiger partial charge < -0.3 is 15.7 Å². The van der Waals surface area contributed by atoms with Gasteiger partial charge in [-0.25, -0.2) is 0 Å². The van der Waals surface area contributed by atoms with Gasteiger partial charge >= 0.3 is 5.97 Å². The Morgan fingerprint density at radius 2 is 1.80 bits per heavy atom. The molecule has 0 bridgehead atoms. The third kappa shape index (κ3) is 11.2. The molecule has 0 saturated carbocycles. The van der Waals surface area contributed by atoms with Gasteiger partial charge in [-0.1, -0.05) is 68.4 Å². The summed E-state index contributed by atoms with van der Waals surface area (Å²) in [5.74, 6) is -1.23. The number of carbonyl (C=O) groups excluding carboxylic acids is 2. The van der Waals surface area contributed by atoms with E-state index in [9.17, 15) is 14.4 Å². The lowest BCUT2D eigenvalue weighted by Gasteiger charge is -2.32. The van der Waals surface area contributed by atoms with Gasteiger partial charge in [0.25, 0.3) is 0 Å². The number of carbonyl (C=O) groups is 3. The van der Waals surface area contributed by atoms with E-state index in [0.717, 1.165) is 23.1 Å². The number of carboxylic acid groups (broad SMARTS) is 1. The second-order valence-corrected chi connectivity index (χ2v) is 11.3. The van der Waals surface area contributed by atoms with Gasteiger partial charge in [0.1, 0.15) is 0 Å². The fourth-order valence-corrected chi connectivity index (χ4v) is 4.92. The van der Waals surface area contributed by atoms with Crippen LogP contribution in [0.5, 0.6) is 0 Å². The van der Waals surface area contributed by atoms with Crippen molar-refractivity contribution in [1.82, 2.24) is 0 Å². The third-order valence-corrected chi connectivity index (χ3v) is 7.10. The molecule has 6 heteroatoms. The SMILES string of the molecule is CCCC(=O)Nc1cc(NC(=O)C=C(C)C=CC=C(C)C=CC2=C(C)CCCC2(C)C)ccc1CCCC(=O)O. The number of nitrogens with one attached hydrogen (secondary N) is 2. The van der Waals surface area contributed by atoms with Crippen LogP contribution >= 0.6 is 0 Å². The fourth-order valence-electron chi connectivity index (χ4n) is 4.92. The zero-order valence-electron chi connectivity index (χ0n) is 25.0. The van der Waals surface area contributed by atoms with Crippen LogP contribution in [-0.4, -0.2) is 22.9 Å². The molecule has 40 heavy (non-hydrogen) atoms. The Morgan fingerprint density at radius 3 is 2.48 bits per heavy atom. The maximum atomic E-state index is 12.7. The van der Waals surface area contributed by atoms with Gasteiger partial charge in [0.15, 0.2) is 0 Å². The van der Waals surface area contributed by atoms with Crippen LogP contribution in [0.25, 0.3) is 0 Å². The third-order valence-electron chi connectivity index (χ3n) is 7.10. The summed E-state index contributed by atoms with van der Waals surface area (Å²) in [4.78, 5) is 35.8. The number of anilines is 2. The van der Waals surface area contributed by atoms with Gasteiger partial charge in [-0.15, -0.1) is 0 Å². The molecule has 0 aliphatic heterocycles. The summed E-state index contributed by atoms with van der Waals surface area (Å²) in [6.45, 7) is 12.7. The molecule has 0 saturated heterocycles. The highest BCUT2D eigenvalue weighted by atomic mass is 16.4. The molecule has 0 heterocycles. The molecule has 1 aromatic carbocycles. The molecule has 2 amide bonds. The monoisotopic (exact) mass is 546 g/mol. The average molecular weight is 547 g/mol. The molecule has 1 aliphatic rings. The van der Waals surface area contributed by atoms with Gasteiger partial charge in [-0.05, 0) is 93.6 Å². The molecule has 0 aromatic heterocycles. The molecule has 1 aliphatic carbocycles. The lowest BCUT2D eigenvalue weighted by molar-refractivity contribution is -0.137. The second kappa shape index (κ2) is 15.8. The van der Waals surface area contributed by atoms with Gasteiger partial charge in [-0.2, -0.15) is 0 Å². The summed E-state index contributed by atoms with van der Waals surface area (Å²) in [6, 6.07) is 5.32. The molecule has 0 unspecified atom stereocenters. The Bertz CT molecular complexity index is 1230. The Balaban J connectivity index is 2.05. The average Bonchev–Trinajstić information content (AvgIpc) is 2.84. The molecule has 1 aromatic rings. The number of allylic oxidation sites excluding steroid dienone is 9. The molecule has 0 atom stereocenters. The van der Waals surface area contributed by atoms with Crippen molar-refractivity contribution in [2.24, 2.45) is 5.41 Å². The first-order chi connectivity index (χ1) is 18.9. The van der Waals surface area contributed by atoms with E-state index in [1.54, 1.807) is 12.1 Å². The van der Waals surface area contributed by atoms with Gasteiger partial charge in [0.2, 0.25) is 11.8 Å². The van der Waals surface area contributed by atoms with Crippen molar-refractivity contribution in [2.45, 2.75) is 92.9 Å². The molecule has 3 N–H and O–H groups in total. The van der Waals surface area contributed by atoms with Crippen molar-refractivity contribution in [3.8, 4) is 0 Å². The van der Waals surface area contributed by atoms with E-state index in [4.69, 9.17) is 5.11 Å². The molecule has 2 rings (SSSR count). The topological polar surface area (TPSA) is 95.5 Å². The van der Waals surface area contributed by atoms with Crippen molar-refractivity contribution < 1.29 is 19.5 Å². The van der Waals surface area contributed by atoms with Crippen molar-refractivity contribution in [3.05, 3.63) is 82.5 Å². The van der Waals surface area contributed by atoms with E-state index in [1.807, 2.05) is 38.1 Å². The fraction of sp³-hybridized carbons (Fsp3) is 0.441. The first kappa shape index (κ1) is 32.5. The predicted octanol–water partition coefficient (Wildman–Crippen LogP) is 8.30. The molecular formula is C34H46N2O4. The Morgan fingerprint density at radius 1 is 1.05 bits per heavy atom. The normalized spacial score (nSPS) is 16.1. The molecule has 6 nitrogen and oxygen atoms in total. The van der Waals surface area contributed by atoms with Crippen LogP contribution in [0.3, 0.4) is 0 Å². The van der Waals surface area contributed by atoms with E-state index in [1.165, 1.54) is 36.5 Å². The lowest BCUT2D eigenvalue weighted by Crippen LogP contribution is -2.19. The Hall–Kier alpha value is -3.67. The van der Waals surface area contributed by atoms with Crippen LogP contribution in [-0.2, 0) is 20.8 Å². The largest absolute Gasteiger partial charge is 0.481 e. The van der Waals surface area contributed by atoms with E-state index >= 15 is 0 Å². The highest BCUT2D eigenvalue weighted by Gasteiger charge is 2.26. The highest BCUT2D eigenvalue weighted by molar-refractivity contribution is 6.01. The standard InChI is InChI=1S/C34H46N2O4/c1-7-11-31(37)36-30-23-28(19-18-27(30)15-9-16-33(39)40)35-32(38)22-25(3)13-8-12-24(2)17-20-29-26(4)14-10-21-34(29,5)6/h8,12-13,17-20,22-23H,7,9-11,14-16,21H2,1-6H3,(H,35,38)(H,36,37)(H,39,40). The van der Waals surface area contributed by atoms with Crippen molar-refractivity contribution >= 4 is 29.2 Å². The predicted molar refractivity (Wildman–Crippen MR) is 165 cm³/mol. The van der Waals surface area contributed by atoms with Crippen LogP contribution in [0.15, 0.2) is 76.9 Å². The first-order valence-electron chi connectivity index (χ1n) is 14.3. The van der Waals surface area contributed by atoms with Crippen LogP contribution < -0.4 is 10.6 Å². The number of hydrogen-bond acceptors (Lipinski definition) is 3. The maximum absolute atomic E-state index is 12.7. The molecular weight excluding hydrogens is 500 g/mol. The van der Waals surface area contributed by atoms with Crippen molar-refractivity contribution in [1.29, 1.82) is 0 Å². The quantitative estimate of drug-likeness (QED) is 0.171. The summed E-state index contributed by atoms with van der Waals surface area (Å²) < 4.78 is 0. The molecule has 0 radical (unpaired) electrons. The number of carboxylic acids is 1.